The van der Waals surface area contributed by atoms with E-state index >= 15 is 0 Å². The second kappa shape index (κ2) is 9.40. The summed E-state index contributed by atoms with van der Waals surface area (Å²) in [6.45, 7) is 9.27. The van der Waals surface area contributed by atoms with Crippen molar-refractivity contribution in [3.05, 3.63) is 32.4 Å². The average Bonchev–Trinajstić information content (AvgIpc) is 3.19. The van der Waals surface area contributed by atoms with Crippen molar-refractivity contribution in [1.82, 2.24) is 29.6 Å². The first kappa shape index (κ1) is 22.0. The minimum Gasteiger partial charge on any atom is -0.309 e. The number of hydrogen-bond donors (Lipinski definition) is 1. The summed E-state index contributed by atoms with van der Waals surface area (Å²) in [6.07, 6.45) is 3.17. The molecule has 158 valence electrons. The highest BCUT2D eigenvalue weighted by Crippen LogP contribution is 2.29. The number of rotatable bonds is 9. The maximum absolute atomic E-state index is 12.5. The minimum absolute atomic E-state index is 0.0563. The third-order valence-electron chi connectivity index (χ3n) is 5.21. The monoisotopic (exact) mass is 434 g/mol. The fourth-order valence-electron chi connectivity index (χ4n) is 3.46. The lowest BCUT2D eigenvalue weighted by atomic mass is 10.2. The Labute approximate surface area is 180 Å². The second-order valence-corrected chi connectivity index (χ2v) is 9.64. The molecule has 0 aromatic carbocycles. The fourth-order valence-corrected chi connectivity index (χ4v) is 5.35. The predicted molar refractivity (Wildman–Crippen MR) is 121 cm³/mol. The summed E-state index contributed by atoms with van der Waals surface area (Å²) in [5.41, 5.74) is 0.968. The van der Waals surface area contributed by atoms with Crippen molar-refractivity contribution in [2.45, 2.75) is 70.5 Å². The van der Waals surface area contributed by atoms with Crippen LogP contribution in [0.3, 0.4) is 0 Å². The number of H-pyrrole nitrogens is 1. The zero-order valence-corrected chi connectivity index (χ0v) is 19.7. The van der Waals surface area contributed by atoms with Gasteiger partial charge in [-0.05, 0) is 46.3 Å². The molecular formula is C20H30N6OS2. The molecule has 0 aliphatic rings. The van der Waals surface area contributed by atoms with Crippen molar-refractivity contribution in [3.8, 4) is 0 Å². The Morgan fingerprint density at radius 1 is 1.24 bits per heavy atom. The molecule has 0 aliphatic carbocycles. The molecular weight excluding hydrogens is 404 g/mol. The lowest BCUT2D eigenvalue weighted by Gasteiger charge is -2.23. The molecule has 0 saturated carbocycles. The molecule has 7 nitrogen and oxygen atoms in total. The maximum Gasteiger partial charge on any atom is 0.259 e. The standard InChI is InChI=1S/C20H30N6OS2/c1-7-9-10-26-17(14(8-2)25(5)6)23-24-20(26)28-11-15-21-18(27)16-12(3)13(4)29-19(16)22-15/h14H,7-11H2,1-6H3,(H,21,22,27)/t14-/m1/s1. The van der Waals surface area contributed by atoms with Crippen molar-refractivity contribution < 1.29 is 0 Å². The van der Waals surface area contributed by atoms with Gasteiger partial charge in [-0.3, -0.25) is 9.69 Å². The van der Waals surface area contributed by atoms with E-state index in [4.69, 9.17) is 0 Å². The van der Waals surface area contributed by atoms with Crippen LogP contribution in [0.15, 0.2) is 9.95 Å². The van der Waals surface area contributed by atoms with Crippen LogP contribution in [-0.4, -0.2) is 43.7 Å². The van der Waals surface area contributed by atoms with E-state index < -0.39 is 0 Å². The zero-order chi connectivity index (χ0) is 21.1. The average molecular weight is 435 g/mol. The van der Waals surface area contributed by atoms with Crippen molar-refractivity contribution in [3.63, 3.8) is 0 Å². The Bertz CT molecular complexity index is 1040. The number of thiophene rings is 1. The molecule has 3 aromatic heterocycles. The van der Waals surface area contributed by atoms with Crippen molar-refractivity contribution >= 4 is 33.3 Å². The number of nitrogens with one attached hydrogen (secondary N) is 1. The maximum atomic E-state index is 12.5. The smallest absolute Gasteiger partial charge is 0.259 e. The molecule has 0 aliphatic heterocycles. The number of fused-ring (bicyclic) bond motifs is 1. The van der Waals surface area contributed by atoms with E-state index in [9.17, 15) is 4.79 Å². The SMILES string of the molecule is CCCCn1c(SCc2nc3sc(C)c(C)c3c(=O)[nH]2)nnc1[C@@H](CC)N(C)C. The molecule has 3 rings (SSSR count). The van der Waals surface area contributed by atoms with E-state index in [0.29, 0.717) is 17.0 Å². The van der Waals surface area contributed by atoms with Crippen LogP contribution >= 0.6 is 23.1 Å². The number of aromatic nitrogens is 5. The Kier molecular flexibility index (Phi) is 7.13. The van der Waals surface area contributed by atoms with E-state index in [-0.39, 0.29) is 11.6 Å². The molecule has 0 amide bonds. The summed E-state index contributed by atoms with van der Waals surface area (Å²) in [5, 5.41) is 10.6. The van der Waals surface area contributed by atoms with Crippen LogP contribution in [0.2, 0.25) is 0 Å². The molecule has 1 atom stereocenters. The Hall–Kier alpha value is -1.71. The molecule has 9 heteroatoms. The van der Waals surface area contributed by atoms with Crippen LogP contribution in [0.1, 0.15) is 61.2 Å². The van der Waals surface area contributed by atoms with E-state index in [1.165, 1.54) is 0 Å². The van der Waals surface area contributed by atoms with Gasteiger partial charge in [-0.1, -0.05) is 32.0 Å². The number of thioether (sulfide) groups is 1. The summed E-state index contributed by atoms with van der Waals surface area (Å²) in [4.78, 5) is 24.3. The number of unbranched alkanes of at least 4 members (excludes halogenated alkanes) is 1. The highest BCUT2D eigenvalue weighted by atomic mass is 32.2. The zero-order valence-electron chi connectivity index (χ0n) is 18.1. The van der Waals surface area contributed by atoms with E-state index in [0.717, 1.165) is 52.1 Å². The lowest BCUT2D eigenvalue weighted by Crippen LogP contribution is -2.23. The van der Waals surface area contributed by atoms with Crippen molar-refractivity contribution in [1.29, 1.82) is 0 Å². The fraction of sp³-hybridized carbons (Fsp3) is 0.600. The number of aromatic amines is 1. The number of nitrogens with zero attached hydrogens (tertiary/aromatic N) is 5. The molecule has 1 N–H and O–H groups in total. The van der Waals surface area contributed by atoms with Gasteiger partial charge in [0.15, 0.2) is 11.0 Å². The van der Waals surface area contributed by atoms with E-state index in [1.807, 2.05) is 13.8 Å². The summed E-state index contributed by atoms with van der Waals surface area (Å²) in [5.74, 6) is 2.25. The molecule has 0 radical (unpaired) electrons. The summed E-state index contributed by atoms with van der Waals surface area (Å²) >= 11 is 3.16. The highest BCUT2D eigenvalue weighted by molar-refractivity contribution is 7.98. The normalized spacial score (nSPS) is 12.9. The summed E-state index contributed by atoms with van der Waals surface area (Å²) in [7, 11) is 4.16. The van der Waals surface area contributed by atoms with Crippen LogP contribution < -0.4 is 5.56 Å². The largest absolute Gasteiger partial charge is 0.309 e. The van der Waals surface area contributed by atoms with Gasteiger partial charge < -0.3 is 9.55 Å². The quantitative estimate of drug-likeness (QED) is 0.506. The van der Waals surface area contributed by atoms with Gasteiger partial charge in [0.1, 0.15) is 10.7 Å². The van der Waals surface area contributed by atoms with Crippen LogP contribution in [0.5, 0.6) is 0 Å². The van der Waals surface area contributed by atoms with Crippen molar-refractivity contribution in [2.75, 3.05) is 14.1 Å². The number of aryl methyl sites for hydroxylation is 2. The topological polar surface area (TPSA) is 79.7 Å². The van der Waals surface area contributed by atoms with Gasteiger partial charge in [-0.2, -0.15) is 0 Å². The molecule has 0 fully saturated rings. The molecule has 0 spiro atoms. The van der Waals surface area contributed by atoms with Gasteiger partial charge in [0.25, 0.3) is 5.56 Å². The first-order chi connectivity index (χ1) is 13.9. The molecule has 0 saturated heterocycles. The van der Waals surface area contributed by atoms with Crippen LogP contribution in [0, 0.1) is 13.8 Å². The van der Waals surface area contributed by atoms with Gasteiger partial charge in [0, 0.05) is 11.4 Å². The van der Waals surface area contributed by atoms with Gasteiger partial charge in [0.05, 0.1) is 17.2 Å². The third-order valence-corrected chi connectivity index (χ3v) is 7.29. The van der Waals surface area contributed by atoms with E-state index in [1.54, 1.807) is 23.1 Å². The van der Waals surface area contributed by atoms with Gasteiger partial charge in [0.2, 0.25) is 0 Å². The van der Waals surface area contributed by atoms with Crippen LogP contribution in [-0.2, 0) is 12.3 Å². The molecule has 0 bridgehead atoms. The summed E-state index contributed by atoms with van der Waals surface area (Å²) < 4.78 is 2.23. The van der Waals surface area contributed by atoms with Gasteiger partial charge in [-0.25, -0.2) is 4.98 Å². The van der Waals surface area contributed by atoms with Crippen LogP contribution in [0.25, 0.3) is 10.2 Å². The Morgan fingerprint density at radius 2 is 2.00 bits per heavy atom. The lowest BCUT2D eigenvalue weighted by molar-refractivity contribution is 0.270. The predicted octanol–water partition coefficient (Wildman–Crippen LogP) is 4.30. The molecule has 3 aromatic rings. The molecule has 29 heavy (non-hydrogen) atoms. The first-order valence-electron chi connectivity index (χ1n) is 10.1. The number of hydrogen-bond acceptors (Lipinski definition) is 7. The molecule has 0 unspecified atom stereocenters. The highest BCUT2D eigenvalue weighted by Gasteiger charge is 2.22. The van der Waals surface area contributed by atoms with Crippen LogP contribution in [0.4, 0.5) is 0 Å². The van der Waals surface area contributed by atoms with Crippen molar-refractivity contribution in [2.24, 2.45) is 0 Å². The Morgan fingerprint density at radius 3 is 2.66 bits per heavy atom. The van der Waals surface area contributed by atoms with E-state index in [2.05, 4.69) is 57.6 Å². The molecule has 3 heterocycles. The Balaban J connectivity index is 1.87. The van der Waals surface area contributed by atoms with Gasteiger partial charge in [-0.15, -0.1) is 21.5 Å². The summed E-state index contributed by atoms with van der Waals surface area (Å²) in [6, 6.07) is 0.236. The third kappa shape index (κ3) is 4.57. The first-order valence-corrected chi connectivity index (χ1v) is 11.9. The second-order valence-electron chi connectivity index (χ2n) is 7.50. The minimum atomic E-state index is -0.0563. The van der Waals surface area contributed by atoms with Gasteiger partial charge >= 0.3 is 0 Å².